The Hall–Kier alpha value is -2.02. The van der Waals surface area contributed by atoms with Gasteiger partial charge in [0.25, 0.3) is 5.91 Å². The van der Waals surface area contributed by atoms with E-state index in [0.717, 1.165) is 23.5 Å². The Balaban J connectivity index is 1.64. The summed E-state index contributed by atoms with van der Waals surface area (Å²) in [6.07, 6.45) is 0. The SMILES string of the molecule is O=C(COC(=O)c1sccc1S(=O)(=O)N1CCSCC1)Nc1cc(F)cc(F)c1. The van der Waals surface area contributed by atoms with Gasteiger partial charge in [-0.25, -0.2) is 22.0 Å². The summed E-state index contributed by atoms with van der Waals surface area (Å²) >= 11 is 2.54. The van der Waals surface area contributed by atoms with Crippen molar-refractivity contribution in [3.63, 3.8) is 0 Å². The lowest BCUT2D eigenvalue weighted by Crippen LogP contribution is -2.38. The lowest BCUT2D eigenvalue weighted by Gasteiger charge is -2.25. The first kappa shape index (κ1) is 21.7. The Morgan fingerprint density at radius 2 is 1.79 bits per heavy atom. The fraction of sp³-hybridized carbons (Fsp3) is 0.294. The number of nitrogens with zero attached hydrogens (tertiary/aromatic N) is 1. The molecule has 1 fully saturated rings. The molecule has 2 aromatic rings. The number of amides is 1. The average Bonchev–Trinajstić information content (AvgIpc) is 3.17. The molecule has 1 aromatic heterocycles. The van der Waals surface area contributed by atoms with Gasteiger partial charge in [-0.05, 0) is 23.6 Å². The maximum absolute atomic E-state index is 13.2. The lowest BCUT2D eigenvalue weighted by atomic mass is 10.3. The number of rotatable bonds is 6. The van der Waals surface area contributed by atoms with E-state index in [1.807, 2.05) is 0 Å². The van der Waals surface area contributed by atoms with Crippen molar-refractivity contribution in [1.82, 2.24) is 4.31 Å². The minimum absolute atomic E-state index is 0.132. The van der Waals surface area contributed by atoms with Gasteiger partial charge in [0.2, 0.25) is 10.0 Å². The third-order valence-electron chi connectivity index (χ3n) is 3.88. The van der Waals surface area contributed by atoms with Crippen molar-refractivity contribution < 1.29 is 31.5 Å². The molecule has 1 aliphatic rings. The fourth-order valence-corrected chi connectivity index (χ4v) is 6.45. The van der Waals surface area contributed by atoms with E-state index in [1.54, 1.807) is 11.8 Å². The maximum Gasteiger partial charge on any atom is 0.350 e. The van der Waals surface area contributed by atoms with Crippen molar-refractivity contribution in [2.75, 3.05) is 36.5 Å². The maximum atomic E-state index is 13.2. The van der Waals surface area contributed by atoms with Crippen LogP contribution in [0.2, 0.25) is 0 Å². The van der Waals surface area contributed by atoms with E-state index >= 15 is 0 Å². The Morgan fingerprint density at radius 3 is 2.45 bits per heavy atom. The standard InChI is InChI=1S/C17H16F2N2O5S3/c18-11-7-12(19)9-13(8-11)20-15(22)10-26-17(23)16-14(1-4-28-16)29(24,25)21-2-5-27-6-3-21/h1,4,7-9H,2-3,5-6,10H2,(H,20,22). The lowest BCUT2D eigenvalue weighted by molar-refractivity contribution is -0.119. The molecular weight excluding hydrogens is 446 g/mol. The first-order valence-corrected chi connectivity index (χ1v) is 11.8. The zero-order chi connectivity index (χ0) is 21.0. The predicted molar refractivity (Wildman–Crippen MR) is 106 cm³/mol. The first-order chi connectivity index (χ1) is 13.8. The van der Waals surface area contributed by atoms with Gasteiger partial charge in [0.1, 0.15) is 21.4 Å². The zero-order valence-corrected chi connectivity index (χ0v) is 17.3. The van der Waals surface area contributed by atoms with Crippen LogP contribution in [-0.4, -0.2) is 55.8 Å². The number of hydrogen-bond donors (Lipinski definition) is 1. The van der Waals surface area contributed by atoms with Crippen LogP contribution in [0, 0.1) is 11.6 Å². The number of thioether (sulfide) groups is 1. The molecule has 0 atom stereocenters. The Labute approximate surface area is 174 Å². The molecule has 29 heavy (non-hydrogen) atoms. The minimum Gasteiger partial charge on any atom is -0.451 e. The van der Waals surface area contributed by atoms with Crippen molar-refractivity contribution in [1.29, 1.82) is 0 Å². The van der Waals surface area contributed by atoms with E-state index in [4.69, 9.17) is 4.74 Å². The summed E-state index contributed by atoms with van der Waals surface area (Å²) in [5.74, 6) is -2.19. The van der Waals surface area contributed by atoms with Crippen LogP contribution in [0.1, 0.15) is 9.67 Å². The minimum atomic E-state index is -3.85. The van der Waals surface area contributed by atoms with Gasteiger partial charge in [0.05, 0.1) is 0 Å². The molecule has 0 unspecified atom stereocenters. The van der Waals surface area contributed by atoms with Gasteiger partial charge in [0, 0.05) is 36.3 Å². The topological polar surface area (TPSA) is 92.8 Å². The summed E-state index contributed by atoms with van der Waals surface area (Å²) in [5.41, 5.74) is -0.133. The van der Waals surface area contributed by atoms with Gasteiger partial charge in [-0.15, -0.1) is 11.3 Å². The molecule has 1 N–H and O–H groups in total. The fourth-order valence-electron chi connectivity index (χ4n) is 2.60. The number of hydrogen-bond acceptors (Lipinski definition) is 7. The number of halogens is 2. The van der Waals surface area contributed by atoms with Crippen LogP contribution in [0.4, 0.5) is 14.5 Å². The molecule has 1 amide bonds. The quantitative estimate of drug-likeness (QED) is 0.664. The number of thiophene rings is 1. The second-order valence-corrected chi connectivity index (χ2v) is 9.96. The van der Waals surface area contributed by atoms with Gasteiger partial charge < -0.3 is 10.1 Å². The Bertz CT molecular complexity index is 1000. The highest BCUT2D eigenvalue weighted by Gasteiger charge is 2.31. The number of esters is 1. The number of nitrogens with one attached hydrogen (secondary N) is 1. The van der Waals surface area contributed by atoms with Crippen molar-refractivity contribution >= 4 is 50.7 Å². The van der Waals surface area contributed by atoms with Crippen molar-refractivity contribution in [2.45, 2.75) is 4.90 Å². The number of sulfonamides is 1. The molecule has 156 valence electrons. The summed E-state index contributed by atoms with van der Waals surface area (Å²) in [6, 6.07) is 3.79. The zero-order valence-electron chi connectivity index (χ0n) is 14.9. The van der Waals surface area contributed by atoms with Gasteiger partial charge in [0.15, 0.2) is 6.61 Å². The highest BCUT2D eigenvalue weighted by Crippen LogP contribution is 2.27. The number of carbonyl (C=O) groups is 2. The van der Waals surface area contributed by atoms with Crippen molar-refractivity contribution in [3.05, 3.63) is 46.2 Å². The molecule has 2 heterocycles. The van der Waals surface area contributed by atoms with Crippen LogP contribution in [0.25, 0.3) is 0 Å². The van der Waals surface area contributed by atoms with E-state index in [2.05, 4.69) is 5.32 Å². The molecule has 0 spiro atoms. The molecule has 0 bridgehead atoms. The normalized spacial score (nSPS) is 15.1. The first-order valence-electron chi connectivity index (χ1n) is 8.36. The smallest absolute Gasteiger partial charge is 0.350 e. The van der Waals surface area contributed by atoms with Gasteiger partial charge in [-0.2, -0.15) is 16.1 Å². The molecule has 1 aromatic carbocycles. The van der Waals surface area contributed by atoms with E-state index in [9.17, 15) is 26.8 Å². The molecule has 7 nitrogen and oxygen atoms in total. The number of benzene rings is 1. The highest BCUT2D eigenvalue weighted by molar-refractivity contribution is 7.99. The van der Waals surface area contributed by atoms with Crippen LogP contribution in [0.3, 0.4) is 0 Å². The molecule has 1 saturated heterocycles. The van der Waals surface area contributed by atoms with Crippen LogP contribution >= 0.6 is 23.1 Å². The monoisotopic (exact) mass is 462 g/mol. The molecule has 1 aliphatic heterocycles. The van der Waals surface area contributed by atoms with Crippen LogP contribution in [-0.2, 0) is 19.6 Å². The summed E-state index contributed by atoms with van der Waals surface area (Å²) in [7, 11) is -3.85. The molecule has 0 radical (unpaired) electrons. The van der Waals surface area contributed by atoms with E-state index in [1.165, 1.54) is 15.8 Å². The van der Waals surface area contributed by atoms with Crippen molar-refractivity contribution in [2.24, 2.45) is 0 Å². The molecule has 3 rings (SSSR count). The highest BCUT2D eigenvalue weighted by atomic mass is 32.2. The largest absolute Gasteiger partial charge is 0.451 e. The summed E-state index contributed by atoms with van der Waals surface area (Å²) in [5, 5.41) is 3.66. The van der Waals surface area contributed by atoms with Crippen LogP contribution in [0.15, 0.2) is 34.5 Å². The number of carbonyl (C=O) groups excluding carboxylic acids is 2. The van der Waals surface area contributed by atoms with E-state index < -0.39 is 40.1 Å². The number of ether oxygens (including phenoxy) is 1. The Kier molecular flexibility index (Phi) is 6.88. The molecular formula is C17H16F2N2O5S3. The molecule has 12 heteroatoms. The van der Waals surface area contributed by atoms with Gasteiger partial charge >= 0.3 is 5.97 Å². The van der Waals surface area contributed by atoms with Crippen LogP contribution in [0.5, 0.6) is 0 Å². The Morgan fingerprint density at radius 1 is 1.14 bits per heavy atom. The second-order valence-electron chi connectivity index (χ2n) is 5.91. The van der Waals surface area contributed by atoms with Gasteiger partial charge in [-0.3, -0.25) is 4.79 Å². The third kappa shape index (κ3) is 5.32. The third-order valence-corrected chi connectivity index (χ3v) is 7.79. The van der Waals surface area contributed by atoms with E-state index in [0.29, 0.717) is 30.7 Å². The molecule has 0 saturated carbocycles. The van der Waals surface area contributed by atoms with Gasteiger partial charge in [-0.1, -0.05) is 0 Å². The summed E-state index contributed by atoms with van der Waals surface area (Å²) in [4.78, 5) is 23.9. The van der Waals surface area contributed by atoms with Crippen molar-refractivity contribution in [3.8, 4) is 0 Å². The molecule has 0 aliphatic carbocycles. The average molecular weight is 463 g/mol. The second kappa shape index (κ2) is 9.20. The van der Waals surface area contributed by atoms with E-state index in [-0.39, 0.29) is 15.5 Å². The summed E-state index contributed by atoms with van der Waals surface area (Å²) < 4.78 is 58.1. The summed E-state index contributed by atoms with van der Waals surface area (Å²) in [6.45, 7) is -0.0391. The van der Waals surface area contributed by atoms with Crippen LogP contribution < -0.4 is 5.32 Å². The number of anilines is 1. The predicted octanol–water partition coefficient (Wildman–Crippen LogP) is 2.56.